The molecule has 1 heterocycles. The molecule has 0 aliphatic carbocycles. The molecule has 0 spiro atoms. The normalized spacial score (nSPS) is 10.9. The number of unbranched alkanes of at least 4 members (excludes halogenated alkanes) is 1. The van der Waals surface area contributed by atoms with Crippen LogP contribution in [0.25, 0.3) is 11.0 Å². The molecule has 3 heteroatoms. The van der Waals surface area contributed by atoms with E-state index in [0.29, 0.717) is 5.56 Å². The molecule has 0 bridgehead atoms. The SMILES string of the molecule is CCCCc1nc2cc(C)c(C)cc2n1Cc1cccc(C#N)c1. The Kier molecular flexibility index (Phi) is 4.66. The molecule has 0 aliphatic rings. The van der Waals surface area contributed by atoms with Gasteiger partial charge in [-0.1, -0.05) is 25.5 Å². The standard InChI is InChI=1S/C21H23N3/c1-4-5-9-21-23-19-10-15(2)16(3)11-20(19)24(21)14-18-8-6-7-17(12-18)13-22/h6-8,10-12H,4-5,9,14H2,1-3H3. The van der Waals surface area contributed by atoms with Crippen LogP contribution in [0.5, 0.6) is 0 Å². The third kappa shape index (κ3) is 3.19. The van der Waals surface area contributed by atoms with Gasteiger partial charge in [-0.2, -0.15) is 5.26 Å². The van der Waals surface area contributed by atoms with Gasteiger partial charge >= 0.3 is 0 Å². The van der Waals surface area contributed by atoms with Gasteiger partial charge in [0.2, 0.25) is 0 Å². The van der Waals surface area contributed by atoms with E-state index in [9.17, 15) is 0 Å². The van der Waals surface area contributed by atoms with Gasteiger partial charge in [0, 0.05) is 13.0 Å². The number of rotatable bonds is 5. The highest BCUT2D eigenvalue weighted by Gasteiger charge is 2.12. The molecule has 0 unspecified atom stereocenters. The van der Waals surface area contributed by atoms with Gasteiger partial charge in [-0.15, -0.1) is 0 Å². The maximum Gasteiger partial charge on any atom is 0.110 e. The first-order valence-corrected chi connectivity index (χ1v) is 8.57. The lowest BCUT2D eigenvalue weighted by Crippen LogP contribution is -2.05. The highest BCUT2D eigenvalue weighted by atomic mass is 15.1. The van der Waals surface area contributed by atoms with E-state index in [4.69, 9.17) is 10.2 Å². The Morgan fingerprint density at radius 2 is 1.92 bits per heavy atom. The molecule has 0 aliphatic heterocycles. The third-order valence-electron chi connectivity index (χ3n) is 4.59. The minimum atomic E-state index is 0.707. The predicted molar refractivity (Wildman–Crippen MR) is 98.1 cm³/mol. The quantitative estimate of drug-likeness (QED) is 0.670. The zero-order valence-corrected chi connectivity index (χ0v) is 14.6. The van der Waals surface area contributed by atoms with Crippen molar-refractivity contribution in [2.75, 3.05) is 0 Å². The number of hydrogen-bond acceptors (Lipinski definition) is 2. The first kappa shape index (κ1) is 16.3. The van der Waals surface area contributed by atoms with Crippen LogP contribution in [0, 0.1) is 25.2 Å². The number of hydrogen-bond donors (Lipinski definition) is 0. The summed E-state index contributed by atoms with van der Waals surface area (Å²) < 4.78 is 2.31. The second-order valence-electron chi connectivity index (χ2n) is 6.46. The smallest absolute Gasteiger partial charge is 0.110 e. The molecule has 0 saturated carbocycles. The molecule has 0 amide bonds. The Balaban J connectivity index is 2.09. The van der Waals surface area contributed by atoms with Crippen molar-refractivity contribution >= 4 is 11.0 Å². The van der Waals surface area contributed by atoms with Gasteiger partial charge in [0.05, 0.1) is 22.7 Å². The highest BCUT2D eigenvalue weighted by molar-refractivity contribution is 5.78. The Morgan fingerprint density at radius 3 is 2.67 bits per heavy atom. The largest absolute Gasteiger partial charge is 0.323 e. The molecule has 1 aromatic heterocycles. The van der Waals surface area contributed by atoms with Crippen molar-refractivity contribution < 1.29 is 0 Å². The molecule has 2 aromatic carbocycles. The molecule has 0 N–H and O–H groups in total. The summed E-state index contributed by atoms with van der Waals surface area (Å²) in [4.78, 5) is 4.89. The average molecular weight is 317 g/mol. The number of aryl methyl sites for hydroxylation is 3. The average Bonchev–Trinajstić information content (AvgIpc) is 2.90. The van der Waals surface area contributed by atoms with Crippen molar-refractivity contribution in [1.82, 2.24) is 9.55 Å². The second kappa shape index (κ2) is 6.88. The number of nitrogens with zero attached hydrogens (tertiary/aromatic N) is 3. The van der Waals surface area contributed by atoms with E-state index in [0.717, 1.165) is 42.7 Å². The van der Waals surface area contributed by atoms with Gasteiger partial charge in [0.25, 0.3) is 0 Å². The molecule has 3 nitrogen and oxygen atoms in total. The minimum Gasteiger partial charge on any atom is -0.323 e. The van der Waals surface area contributed by atoms with Crippen LogP contribution < -0.4 is 0 Å². The molecule has 0 radical (unpaired) electrons. The van der Waals surface area contributed by atoms with Crippen molar-refractivity contribution in [2.24, 2.45) is 0 Å². The number of fused-ring (bicyclic) bond motifs is 1. The fourth-order valence-electron chi connectivity index (χ4n) is 3.05. The van der Waals surface area contributed by atoms with E-state index in [1.165, 1.54) is 16.6 Å². The summed E-state index contributed by atoms with van der Waals surface area (Å²) in [6.45, 7) is 7.25. The Hall–Kier alpha value is -2.60. The van der Waals surface area contributed by atoms with E-state index in [1.54, 1.807) is 0 Å². The molecule has 0 saturated heterocycles. The van der Waals surface area contributed by atoms with Crippen molar-refractivity contribution in [3.05, 3.63) is 64.5 Å². The van der Waals surface area contributed by atoms with Gasteiger partial charge < -0.3 is 4.57 Å². The maximum atomic E-state index is 9.13. The Bertz CT molecular complexity index is 913. The number of aromatic nitrogens is 2. The molecular formula is C21H23N3. The van der Waals surface area contributed by atoms with E-state index in [-0.39, 0.29) is 0 Å². The van der Waals surface area contributed by atoms with Crippen LogP contribution in [0.4, 0.5) is 0 Å². The van der Waals surface area contributed by atoms with Gasteiger partial charge in [-0.05, 0) is 61.2 Å². The summed E-state index contributed by atoms with van der Waals surface area (Å²) in [7, 11) is 0. The van der Waals surface area contributed by atoms with Crippen LogP contribution in [-0.4, -0.2) is 9.55 Å². The van der Waals surface area contributed by atoms with Crippen LogP contribution in [0.2, 0.25) is 0 Å². The summed E-state index contributed by atoms with van der Waals surface area (Å²) in [5.74, 6) is 1.14. The molecular weight excluding hydrogens is 294 g/mol. The predicted octanol–water partition coefficient (Wildman–Crippen LogP) is 4.92. The van der Waals surface area contributed by atoms with Crippen LogP contribution in [0.3, 0.4) is 0 Å². The molecule has 3 aromatic rings. The van der Waals surface area contributed by atoms with E-state index >= 15 is 0 Å². The summed E-state index contributed by atoms with van der Waals surface area (Å²) in [6, 6.07) is 14.5. The summed E-state index contributed by atoms with van der Waals surface area (Å²) >= 11 is 0. The van der Waals surface area contributed by atoms with E-state index in [2.05, 4.69) is 49.6 Å². The molecule has 0 atom stereocenters. The summed E-state index contributed by atoms with van der Waals surface area (Å²) in [5, 5.41) is 9.13. The number of nitriles is 1. The molecule has 0 fully saturated rings. The van der Waals surface area contributed by atoms with Gasteiger partial charge in [-0.3, -0.25) is 0 Å². The lowest BCUT2D eigenvalue weighted by Gasteiger charge is -2.10. The van der Waals surface area contributed by atoms with Crippen LogP contribution in [0.1, 0.15) is 47.8 Å². The third-order valence-corrected chi connectivity index (χ3v) is 4.59. The topological polar surface area (TPSA) is 41.6 Å². The molecule has 24 heavy (non-hydrogen) atoms. The van der Waals surface area contributed by atoms with Crippen molar-refractivity contribution in [3.8, 4) is 6.07 Å². The lowest BCUT2D eigenvalue weighted by molar-refractivity contribution is 0.690. The Morgan fingerprint density at radius 1 is 1.12 bits per heavy atom. The monoisotopic (exact) mass is 317 g/mol. The maximum absolute atomic E-state index is 9.13. The first-order valence-electron chi connectivity index (χ1n) is 8.57. The summed E-state index contributed by atoms with van der Waals surface area (Å²) in [5.41, 5.74) is 6.67. The van der Waals surface area contributed by atoms with Gasteiger partial charge in [0.15, 0.2) is 0 Å². The van der Waals surface area contributed by atoms with Crippen molar-refractivity contribution in [2.45, 2.75) is 46.6 Å². The van der Waals surface area contributed by atoms with Crippen LogP contribution in [-0.2, 0) is 13.0 Å². The first-order chi connectivity index (χ1) is 11.6. The zero-order chi connectivity index (χ0) is 17.1. The fraction of sp³-hybridized carbons (Fsp3) is 0.333. The summed E-state index contributed by atoms with van der Waals surface area (Å²) in [6.07, 6.45) is 3.28. The van der Waals surface area contributed by atoms with Crippen LogP contribution >= 0.6 is 0 Å². The minimum absolute atomic E-state index is 0.707. The second-order valence-corrected chi connectivity index (χ2v) is 6.46. The lowest BCUT2D eigenvalue weighted by atomic mass is 10.1. The van der Waals surface area contributed by atoms with E-state index < -0.39 is 0 Å². The highest BCUT2D eigenvalue weighted by Crippen LogP contribution is 2.23. The molecule has 122 valence electrons. The zero-order valence-electron chi connectivity index (χ0n) is 14.6. The number of imidazole rings is 1. The Labute approximate surface area is 143 Å². The van der Waals surface area contributed by atoms with Crippen molar-refractivity contribution in [3.63, 3.8) is 0 Å². The van der Waals surface area contributed by atoms with Gasteiger partial charge in [0.1, 0.15) is 5.82 Å². The number of benzene rings is 2. The fourth-order valence-corrected chi connectivity index (χ4v) is 3.05. The van der Waals surface area contributed by atoms with Gasteiger partial charge in [-0.25, -0.2) is 4.98 Å². The van der Waals surface area contributed by atoms with Crippen molar-refractivity contribution in [1.29, 1.82) is 5.26 Å². The van der Waals surface area contributed by atoms with E-state index in [1.807, 2.05) is 18.2 Å². The van der Waals surface area contributed by atoms with Crippen LogP contribution in [0.15, 0.2) is 36.4 Å². The molecule has 3 rings (SSSR count).